The van der Waals surface area contributed by atoms with Crippen LogP contribution in [0.5, 0.6) is 0 Å². The number of hydrogen-bond donors (Lipinski definition) is 2. The van der Waals surface area contributed by atoms with E-state index in [-0.39, 0.29) is 0 Å². The van der Waals surface area contributed by atoms with Gasteiger partial charge in [-0.25, -0.2) is 4.79 Å². The monoisotopic (exact) mass is 402 g/mol. The van der Waals surface area contributed by atoms with Crippen molar-refractivity contribution in [2.45, 2.75) is 48.9 Å². The summed E-state index contributed by atoms with van der Waals surface area (Å²) in [5.41, 5.74) is -0.448. The average Bonchev–Trinajstić information content (AvgIpc) is 2.88. The number of ketones is 1. The number of rotatable bonds is 6. The van der Waals surface area contributed by atoms with Crippen molar-refractivity contribution in [1.29, 1.82) is 0 Å². The number of carboxylic acid groups (broad SMARTS) is 1. The molecule has 0 unspecified atom stereocenters. The highest BCUT2D eigenvalue weighted by Gasteiger charge is 2.74. The van der Waals surface area contributed by atoms with Gasteiger partial charge in [-0.1, -0.05) is 18.2 Å². The number of β-lactam (4-membered cyclic amide) rings is 1. The molecule has 0 bridgehead atoms. The zero-order valence-electron chi connectivity index (χ0n) is 15.9. The molecule has 3 rings (SSSR count). The second-order valence-electron chi connectivity index (χ2n) is 7.53. The van der Waals surface area contributed by atoms with Crippen LogP contribution in [0.25, 0.3) is 0 Å². The number of Topliss-reactive ketones (excluding diaryl/α,β-unsaturated/α-hetero) is 1. The quantitative estimate of drug-likeness (QED) is 0.426. The van der Waals surface area contributed by atoms with Gasteiger partial charge >= 0.3 is 5.97 Å². The van der Waals surface area contributed by atoms with Gasteiger partial charge in [0, 0.05) is 10.3 Å². The van der Waals surface area contributed by atoms with Crippen molar-refractivity contribution in [1.82, 2.24) is 10.2 Å². The first-order chi connectivity index (χ1) is 13.1. The number of carbonyl (C=O) groups excluding carboxylic acids is 3. The minimum Gasteiger partial charge on any atom is -0.480 e. The van der Waals surface area contributed by atoms with E-state index in [1.165, 1.54) is 23.6 Å². The molecule has 2 heterocycles. The molecule has 1 aromatic carbocycles. The van der Waals surface area contributed by atoms with Crippen molar-refractivity contribution < 1.29 is 24.3 Å². The largest absolute Gasteiger partial charge is 0.480 e. The van der Waals surface area contributed by atoms with Gasteiger partial charge in [-0.2, -0.15) is 0 Å². The number of carboxylic acids is 1. The fraction of sp³-hybridized carbons (Fsp3) is 0.400. The van der Waals surface area contributed by atoms with Crippen molar-refractivity contribution in [3.8, 4) is 0 Å². The molecule has 1 aromatic rings. The fourth-order valence-electron chi connectivity index (χ4n) is 3.80. The second kappa shape index (κ2) is 6.77. The van der Waals surface area contributed by atoms with Gasteiger partial charge in [0.05, 0.1) is 0 Å². The molecular formula is C20H22N2O5S. The van der Waals surface area contributed by atoms with E-state index in [9.17, 15) is 24.3 Å². The zero-order valence-corrected chi connectivity index (χ0v) is 16.7. The van der Waals surface area contributed by atoms with Crippen LogP contribution in [0.2, 0.25) is 0 Å². The van der Waals surface area contributed by atoms with Crippen LogP contribution in [0.15, 0.2) is 36.9 Å². The van der Waals surface area contributed by atoms with Crippen LogP contribution in [0.3, 0.4) is 0 Å². The van der Waals surface area contributed by atoms with E-state index in [1.807, 2.05) is 0 Å². The summed E-state index contributed by atoms with van der Waals surface area (Å²) in [5, 5.41) is 11.4. The number of amides is 2. The minimum atomic E-state index is -1.75. The third-order valence-electron chi connectivity index (χ3n) is 5.24. The maximum absolute atomic E-state index is 12.9. The highest BCUT2D eigenvalue weighted by atomic mass is 32.2. The van der Waals surface area contributed by atoms with Gasteiger partial charge in [0.25, 0.3) is 11.8 Å². The van der Waals surface area contributed by atoms with Crippen LogP contribution in [-0.2, 0) is 20.8 Å². The van der Waals surface area contributed by atoms with Gasteiger partial charge < -0.3 is 15.3 Å². The van der Waals surface area contributed by atoms with Crippen LogP contribution in [0.1, 0.15) is 36.7 Å². The summed E-state index contributed by atoms with van der Waals surface area (Å²) in [5.74, 6) is -2.86. The lowest BCUT2D eigenvalue weighted by Gasteiger charge is -2.51. The highest BCUT2D eigenvalue weighted by molar-refractivity contribution is 8.01. The third-order valence-corrected chi connectivity index (χ3v) is 6.88. The van der Waals surface area contributed by atoms with Gasteiger partial charge in [-0.15, -0.1) is 18.3 Å². The number of carbonyl (C=O) groups is 4. The zero-order chi connectivity index (χ0) is 20.9. The summed E-state index contributed by atoms with van der Waals surface area (Å²) >= 11 is 1.22. The standard InChI is InChI=1S/C20H22N2O5S/c1-5-6-12-7-9-13(10-8-12)15(24)21-20(11(2)23)17(27)22-14(16(25)26)19(3,4)28-18(20)22/h5,7-10,14,18H,1,6H2,2-4H3,(H,21,24)(H,25,26)/t14-,18+,20-/m0/s1. The van der Waals surface area contributed by atoms with Crippen LogP contribution >= 0.6 is 11.8 Å². The summed E-state index contributed by atoms with van der Waals surface area (Å²) < 4.78 is -0.791. The Kier molecular flexibility index (Phi) is 4.87. The molecule has 0 radical (unpaired) electrons. The van der Waals surface area contributed by atoms with Crippen molar-refractivity contribution in [2.24, 2.45) is 0 Å². The molecule has 28 heavy (non-hydrogen) atoms. The Hall–Kier alpha value is -2.61. The molecular weight excluding hydrogens is 380 g/mol. The predicted octanol–water partition coefficient (Wildman–Crippen LogP) is 1.62. The van der Waals surface area contributed by atoms with E-state index in [4.69, 9.17) is 0 Å². The Morgan fingerprint density at radius 3 is 2.39 bits per heavy atom. The molecule has 8 heteroatoms. The Morgan fingerprint density at radius 2 is 1.89 bits per heavy atom. The summed E-state index contributed by atoms with van der Waals surface area (Å²) in [6.45, 7) is 8.34. The molecule has 0 saturated carbocycles. The number of nitrogens with zero attached hydrogens (tertiary/aromatic N) is 1. The number of nitrogens with one attached hydrogen (secondary N) is 1. The molecule has 2 aliphatic rings. The molecule has 2 aliphatic heterocycles. The molecule has 2 amide bonds. The van der Waals surface area contributed by atoms with Gasteiger partial charge in [0.2, 0.25) is 5.54 Å². The van der Waals surface area contributed by atoms with E-state index >= 15 is 0 Å². The van der Waals surface area contributed by atoms with E-state index in [0.29, 0.717) is 12.0 Å². The van der Waals surface area contributed by atoms with Crippen LogP contribution in [0, 0.1) is 0 Å². The maximum atomic E-state index is 12.9. The number of aliphatic carboxylic acids is 1. The molecule has 2 fully saturated rings. The van der Waals surface area contributed by atoms with Gasteiger partial charge in [0.15, 0.2) is 5.78 Å². The Labute approximate surface area is 167 Å². The van der Waals surface area contributed by atoms with Crippen molar-refractivity contribution in [3.63, 3.8) is 0 Å². The molecule has 0 spiro atoms. The summed E-state index contributed by atoms with van der Waals surface area (Å²) in [7, 11) is 0. The van der Waals surface area contributed by atoms with Crippen LogP contribution in [-0.4, -0.2) is 55.3 Å². The van der Waals surface area contributed by atoms with Gasteiger partial charge in [-0.3, -0.25) is 14.4 Å². The Bertz CT molecular complexity index is 879. The number of fused-ring (bicyclic) bond motifs is 1. The molecule has 0 aromatic heterocycles. The van der Waals surface area contributed by atoms with Crippen LogP contribution < -0.4 is 5.32 Å². The highest BCUT2D eigenvalue weighted by Crippen LogP contribution is 2.55. The van der Waals surface area contributed by atoms with E-state index in [2.05, 4.69) is 11.9 Å². The molecule has 3 atom stereocenters. The van der Waals surface area contributed by atoms with Crippen molar-refractivity contribution >= 4 is 35.3 Å². The lowest BCUT2D eigenvalue weighted by Crippen LogP contribution is -2.82. The maximum Gasteiger partial charge on any atom is 0.327 e. The van der Waals surface area contributed by atoms with E-state index < -0.39 is 45.3 Å². The molecule has 7 nitrogen and oxygen atoms in total. The summed E-state index contributed by atoms with van der Waals surface area (Å²) in [6, 6.07) is 5.74. The first kappa shape index (κ1) is 20.1. The number of thioether (sulfide) groups is 1. The number of allylic oxidation sites excluding steroid dienone is 1. The smallest absolute Gasteiger partial charge is 0.327 e. The second-order valence-corrected chi connectivity index (χ2v) is 9.27. The average molecular weight is 402 g/mol. The first-order valence-electron chi connectivity index (χ1n) is 8.83. The van der Waals surface area contributed by atoms with E-state index in [1.54, 1.807) is 44.2 Å². The predicted molar refractivity (Wildman–Crippen MR) is 105 cm³/mol. The lowest BCUT2D eigenvalue weighted by atomic mass is 9.81. The molecule has 2 saturated heterocycles. The van der Waals surface area contributed by atoms with Crippen LogP contribution in [0.4, 0.5) is 0 Å². The fourth-order valence-corrected chi connectivity index (χ4v) is 5.55. The van der Waals surface area contributed by atoms with Crippen molar-refractivity contribution in [3.05, 3.63) is 48.0 Å². The molecule has 148 valence electrons. The van der Waals surface area contributed by atoms with Gasteiger partial charge in [-0.05, 0) is 44.9 Å². The van der Waals surface area contributed by atoms with E-state index in [0.717, 1.165) is 5.56 Å². The SMILES string of the molecule is C=CCc1ccc(C(=O)N[C@@]2(C(C)=O)C(=O)N3[C@@H](C(=O)O)C(C)(C)S[C@@H]32)cc1. The number of benzene rings is 1. The normalized spacial score (nSPS) is 27.5. The Morgan fingerprint density at radius 1 is 1.29 bits per heavy atom. The summed E-state index contributed by atoms with van der Waals surface area (Å²) in [6.07, 6.45) is 2.41. The third kappa shape index (κ3) is 2.83. The minimum absolute atomic E-state index is 0.316. The first-order valence-corrected chi connectivity index (χ1v) is 9.71. The molecule has 0 aliphatic carbocycles. The Balaban J connectivity index is 1.89. The number of hydrogen-bond acceptors (Lipinski definition) is 5. The lowest BCUT2D eigenvalue weighted by molar-refractivity contribution is -0.170. The topological polar surface area (TPSA) is 104 Å². The van der Waals surface area contributed by atoms with Gasteiger partial charge in [0.1, 0.15) is 11.4 Å². The van der Waals surface area contributed by atoms with Crippen molar-refractivity contribution in [2.75, 3.05) is 0 Å². The molecule has 2 N–H and O–H groups in total. The summed E-state index contributed by atoms with van der Waals surface area (Å²) in [4.78, 5) is 51.0.